The maximum absolute atomic E-state index is 12.0. The number of benzene rings is 1. The first-order valence-electron chi connectivity index (χ1n) is 8.28. The van der Waals surface area contributed by atoms with Crippen molar-refractivity contribution in [3.63, 3.8) is 0 Å². The number of halogens is 1. The SMILES string of the molecule is CN=C(NCc1cccc(C#N)c1)NC1CCN(C(=O)C(C)C)C1.I. The molecular weight excluding hydrogens is 429 g/mol. The Morgan fingerprint density at radius 3 is 2.88 bits per heavy atom. The molecule has 0 bridgehead atoms. The average molecular weight is 455 g/mol. The van der Waals surface area contributed by atoms with Gasteiger partial charge in [-0.3, -0.25) is 9.79 Å². The molecule has 7 heteroatoms. The van der Waals surface area contributed by atoms with Crippen molar-refractivity contribution < 1.29 is 4.79 Å². The highest BCUT2D eigenvalue weighted by Crippen LogP contribution is 2.12. The number of rotatable bonds is 4. The second kappa shape index (κ2) is 10.2. The number of amides is 1. The van der Waals surface area contributed by atoms with E-state index in [0.29, 0.717) is 24.6 Å². The first-order chi connectivity index (χ1) is 11.5. The Morgan fingerprint density at radius 2 is 2.24 bits per heavy atom. The van der Waals surface area contributed by atoms with Crippen molar-refractivity contribution in [1.29, 1.82) is 5.26 Å². The van der Waals surface area contributed by atoms with Gasteiger partial charge in [-0.2, -0.15) is 5.26 Å². The lowest BCUT2D eigenvalue weighted by Crippen LogP contribution is -2.45. The fraction of sp³-hybridized carbons (Fsp3) is 0.500. The van der Waals surface area contributed by atoms with E-state index in [-0.39, 0.29) is 41.8 Å². The first-order valence-corrected chi connectivity index (χ1v) is 8.28. The predicted octanol–water partition coefficient (Wildman–Crippen LogP) is 2.10. The van der Waals surface area contributed by atoms with Crippen molar-refractivity contribution in [2.45, 2.75) is 32.9 Å². The lowest BCUT2D eigenvalue weighted by atomic mass is 10.1. The first kappa shape index (κ1) is 21.2. The summed E-state index contributed by atoms with van der Waals surface area (Å²) < 4.78 is 0. The number of hydrogen-bond donors (Lipinski definition) is 2. The standard InChI is InChI=1S/C18H25N5O.HI/c1-13(2)17(24)23-8-7-16(12-23)22-18(20-3)21-11-15-6-4-5-14(9-15)10-19;/h4-6,9,13,16H,7-8,11-12H2,1-3H3,(H2,20,21,22);1H. The minimum absolute atomic E-state index is 0. The van der Waals surface area contributed by atoms with Gasteiger partial charge in [0.15, 0.2) is 5.96 Å². The van der Waals surface area contributed by atoms with Crippen LogP contribution in [0.3, 0.4) is 0 Å². The second-order valence-electron chi connectivity index (χ2n) is 6.31. The molecule has 0 aliphatic carbocycles. The van der Waals surface area contributed by atoms with E-state index < -0.39 is 0 Å². The smallest absolute Gasteiger partial charge is 0.225 e. The number of carbonyl (C=O) groups excluding carboxylic acids is 1. The summed E-state index contributed by atoms with van der Waals surface area (Å²) >= 11 is 0. The number of likely N-dealkylation sites (tertiary alicyclic amines) is 1. The van der Waals surface area contributed by atoms with Gasteiger partial charge in [0.2, 0.25) is 5.91 Å². The molecule has 0 spiro atoms. The van der Waals surface area contributed by atoms with Crippen LogP contribution in [0.25, 0.3) is 0 Å². The third-order valence-corrected chi connectivity index (χ3v) is 4.07. The van der Waals surface area contributed by atoms with Crippen LogP contribution in [0.15, 0.2) is 29.3 Å². The zero-order valence-corrected chi connectivity index (χ0v) is 17.3. The fourth-order valence-corrected chi connectivity index (χ4v) is 2.77. The van der Waals surface area contributed by atoms with Crippen molar-refractivity contribution >= 4 is 35.8 Å². The topological polar surface area (TPSA) is 80.5 Å². The molecule has 1 aliphatic heterocycles. The third-order valence-electron chi connectivity index (χ3n) is 4.07. The highest BCUT2D eigenvalue weighted by Gasteiger charge is 2.27. The van der Waals surface area contributed by atoms with Gasteiger partial charge in [-0.1, -0.05) is 26.0 Å². The quantitative estimate of drug-likeness (QED) is 0.414. The van der Waals surface area contributed by atoms with Gasteiger partial charge in [0, 0.05) is 38.6 Å². The number of carbonyl (C=O) groups is 1. The number of nitrogens with zero attached hydrogens (tertiary/aromatic N) is 3. The van der Waals surface area contributed by atoms with Crippen LogP contribution in [0.1, 0.15) is 31.4 Å². The monoisotopic (exact) mass is 455 g/mol. The Balaban J connectivity index is 0.00000312. The van der Waals surface area contributed by atoms with E-state index in [9.17, 15) is 4.79 Å². The van der Waals surface area contributed by atoms with Gasteiger partial charge in [0.05, 0.1) is 11.6 Å². The zero-order valence-electron chi connectivity index (χ0n) is 15.0. The fourth-order valence-electron chi connectivity index (χ4n) is 2.77. The normalized spacial score (nSPS) is 17.0. The van der Waals surface area contributed by atoms with E-state index >= 15 is 0 Å². The summed E-state index contributed by atoms with van der Waals surface area (Å²) in [6.45, 7) is 5.95. The van der Waals surface area contributed by atoms with Gasteiger partial charge in [-0.25, -0.2) is 0 Å². The van der Waals surface area contributed by atoms with E-state index in [1.807, 2.05) is 36.9 Å². The molecule has 0 saturated carbocycles. The summed E-state index contributed by atoms with van der Waals surface area (Å²) in [4.78, 5) is 18.2. The van der Waals surface area contributed by atoms with Crippen LogP contribution in [0, 0.1) is 17.2 Å². The molecular formula is C18H26IN5O. The highest BCUT2D eigenvalue weighted by atomic mass is 127. The van der Waals surface area contributed by atoms with E-state index in [4.69, 9.17) is 5.26 Å². The highest BCUT2D eigenvalue weighted by molar-refractivity contribution is 14.0. The Bertz CT molecular complexity index is 653. The van der Waals surface area contributed by atoms with Crippen LogP contribution in [0.5, 0.6) is 0 Å². The maximum atomic E-state index is 12.0. The largest absolute Gasteiger partial charge is 0.352 e. The summed E-state index contributed by atoms with van der Waals surface area (Å²) in [6.07, 6.45) is 0.920. The average Bonchev–Trinajstić information content (AvgIpc) is 3.06. The molecule has 0 radical (unpaired) electrons. The van der Waals surface area contributed by atoms with Crippen molar-refractivity contribution in [3.8, 4) is 6.07 Å². The van der Waals surface area contributed by atoms with Crippen LogP contribution in [-0.2, 0) is 11.3 Å². The molecule has 1 aliphatic rings. The number of hydrogen-bond acceptors (Lipinski definition) is 3. The molecule has 6 nitrogen and oxygen atoms in total. The van der Waals surface area contributed by atoms with Crippen molar-refractivity contribution in [2.24, 2.45) is 10.9 Å². The van der Waals surface area contributed by atoms with E-state index in [1.54, 1.807) is 13.1 Å². The Hall–Kier alpha value is -1.82. The van der Waals surface area contributed by atoms with E-state index in [0.717, 1.165) is 18.5 Å². The number of nitrogens with one attached hydrogen (secondary N) is 2. The third kappa shape index (κ3) is 6.20. The van der Waals surface area contributed by atoms with Crippen LogP contribution < -0.4 is 10.6 Å². The lowest BCUT2D eigenvalue weighted by molar-refractivity contribution is -0.133. The molecule has 1 saturated heterocycles. The second-order valence-corrected chi connectivity index (χ2v) is 6.31. The summed E-state index contributed by atoms with van der Waals surface area (Å²) in [5, 5.41) is 15.6. The lowest BCUT2D eigenvalue weighted by Gasteiger charge is -2.20. The zero-order chi connectivity index (χ0) is 17.5. The number of aliphatic imine (C=N–C) groups is 1. The summed E-state index contributed by atoms with van der Waals surface area (Å²) in [5.74, 6) is 0.949. The molecule has 0 aromatic heterocycles. The summed E-state index contributed by atoms with van der Waals surface area (Å²) in [6, 6.07) is 9.85. The number of guanidine groups is 1. The molecule has 136 valence electrons. The predicted molar refractivity (Wildman–Crippen MR) is 110 cm³/mol. The number of nitriles is 1. The molecule has 25 heavy (non-hydrogen) atoms. The maximum Gasteiger partial charge on any atom is 0.225 e. The molecule has 1 aromatic rings. The molecule has 1 fully saturated rings. The van der Waals surface area contributed by atoms with Crippen molar-refractivity contribution in [3.05, 3.63) is 35.4 Å². The summed E-state index contributed by atoms with van der Waals surface area (Å²) in [7, 11) is 1.73. The van der Waals surface area contributed by atoms with Gasteiger partial charge in [0.25, 0.3) is 0 Å². The Kier molecular flexibility index (Phi) is 8.69. The van der Waals surface area contributed by atoms with Crippen LogP contribution in [0.4, 0.5) is 0 Å². The van der Waals surface area contributed by atoms with Crippen LogP contribution in [0.2, 0.25) is 0 Å². The van der Waals surface area contributed by atoms with Gasteiger partial charge in [-0.05, 0) is 24.1 Å². The van der Waals surface area contributed by atoms with Gasteiger partial charge < -0.3 is 15.5 Å². The van der Waals surface area contributed by atoms with Gasteiger partial charge in [-0.15, -0.1) is 24.0 Å². The van der Waals surface area contributed by atoms with Crippen molar-refractivity contribution in [1.82, 2.24) is 15.5 Å². The molecule has 1 aromatic carbocycles. The van der Waals surface area contributed by atoms with Crippen LogP contribution >= 0.6 is 24.0 Å². The van der Waals surface area contributed by atoms with E-state index in [1.165, 1.54) is 0 Å². The molecule has 1 unspecified atom stereocenters. The molecule has 2 N–H and O–H groups in total. The van der Waals surface area contributed by atoms with Crippen molar-refractivity contribution in [2.75, 3.05) is 20.1 Å². The summed E-state index contributed by atoms with van der Waals surface area (Å²) in [5.41, 5.74) is 1.68. The minimum atomic E-state index is 0. The minimum Gasteiger partial charge on any atom is -0.352 e. The molecule has 1 amide bonds. The van der Waals surface area contributed by atoms with Gasteiger partial charge >= 0.3 is 0 Å². The Labute approximate surface area is 166 Å². The Morgan fingerprint density at radius 1 is 1.48 bits per heavy atom. The molecule has 1 atom stereocenters. The van der Waals surface area contributed by atoms with Gasteiger partial charge in [0.1, 0.15) is 0 Å². The molecule has 2 rings (SSSR count). The van der Waals surface area contributed by atoms with Crippen LogP contribution in [-0.4, -0.2) is 42.9 Å². The molecule has 1 heterocycles. The van der Waals surface area contributed by atoms with E-state index in [2.05, 4.69) is 21.7 Å².